The van der Waals surface area contributed by atoms with Crippen molar-refractivity contribution in [3.63, 3.8) is 0 Å². The van der Waals surface area contributed by atoms with Crippen LogP contribution in [0.15, 0.2) is 52.9 Å². The van der Waals surface area contributed by atoms with Gasteiger partial charge in [0.15, 0.2) is 0 Å². The Bertz CT molecular complexity index is 1060. The number of hydrogen-bond donors (Lipinski definition) is 2. The van der Waals surface area contributed by atoms with Gasteiger partial charge in [0.1, 0.15) is 5.84 Å². The summed E-state index contributed by atoms with van der Waals surface area (Å²) in [5, 5.41) is 5.47. The van der Waals surface area contributed by atoms with E-state index in [0.29, 0.717) is 5.69 Å². The molecule has 0 radical (unpaired) electrons. The zero-order valence-electron chi connectivity index (χ0n) is 14.3. The van der Waals surface area contributed by atoms with E-state index < -0.39 is 15.9 Å². The summed E-state index contributed by atoms with van der Waals surface area (Å²) in [4.78, 5) is 16.8. The molecule has 2 heterocycles. The second-order valence-electron chi connectivity index (χ2n) is 6.21. The zero-order valence-corrected chi connectivity index (χ0v) is 15.9. The number of sulfonamides is 1. The van der Waals surface area contributed by atoms with Gasteiger partial charge in [-0.1, -0.05) is 36.4 Å². The van der Waals surface area contributed by atoms with Gasteiger partial charge in [-0.05, 0) is 23.6 Å². The first-order valence-corrected chi connectivity index (χ1v) is 11.0. The van der Waals surface area contributed by atoms with Crippen molar-refractivity contribution in [2.45, 2.75) is 5.25 Å². The molecule has 6 nitrogen and oxygen atoms in total. The van der Waals surface area contributed by atoms with Crippen molar-refractivity contribution >= 4 is 44.9 Å². The van der Waals surface area contributed by atoms with Gasteiger partial charge < -0.3 is 5.32 Å². The molecule has 2 atom stereocenters. The molecule has 2 aliphatic rings. The lowest BCUT2D eigenvalue weighted by molar-refractivity contribution is 0.0981. The van der Waals surface area contributed by atoms with Crippen LogP contribution in [0.1, 0.15) is 21.2 Å². The second kappa shape index (κ2) is 6.76. The first-order chi connectivity index (χ1) is 12.9. The van der Waals surface area contributed by atoms with Crippen LogP contribution >= 0.6 is 11.8 Å². The second-order valence-corrected chi connectivity index (χ2v) is 9.01. The van der Waals surface area contributed by atoms with Gasteiger partial charge in [-0.2, -0.15) is 0 Å². The highest BCUT2D eigenvalue weighted by Crippen LogP contribution is 2.49. The number of amides is 1. The van der Waals surface area contributed by atoms with Crippen LogP contribution < -0.4 is 10.0 Å². The van der Waals surface area contributed by atoms with Crippen molar-refractivity contribution in [1.29, 1.82) is 0 Å². The lowest BCUT2D eigenvalue weighted by Crippen LogP contribution is -2.29. The van der Waals surface area contributed by atoms with Crippen LogP contribution in [0.3, 0.4) is 0 Å². The van der Waals surface area contributed by atoms with Crippen LogP contribution in [0.5, 0.6) is 0 Å². The summed E-state index contributed by atoms with van der Waals surface area (Å²) in [7, 11) is -3.65. The molecule has 2 unspecified atom stereocenters. The molecular formula is C19H15N3O3S2. The van der Waals surface area contributed by atoms with Crippen molar-refractivity contribution in [1.82, 2.24) is 4.72 Å². The Morgan fingerprint density at radius 3 is 2.74 bits per heavy atom. The molecule has 4 rings (SSSR count). The largest absolute Gasteiger partial charge is 0.343 e. The molecular weight excluding hydrogens is 382 g/mol. The molecule has 0 fully saturated rings. The van der Waals surface area contributed by atoms with E-state index in [-0.39, 0.29) is 16.7 Å². The fourth-order valence-electron chi connectivity index (χ4n) is 2.97. The van der Waals surface area contributed by atoms with Gasteiger partial charge in [0.05, 0.1) is 28.7 Å². The molecule has 0 aliphatic carbocycles. The number of hydrogen-bond acceptors (Lipinski definition) is 6. The van der Waals surface area contributed by atoms with E-state index >= 15 is 0 Å². The fraction of sp³-hybridized carbons (Fsp3) is 0.158. The van der Waals surface area contributed by atoms with E-state index in [9.17, 15) is 13.2 Å². The molecule has 0 saturated heterocycles. The molecule has 2 N–H and O–H groups in total. The third kappa shape index (κ3) is 3.70. The third-order valence-electron chi connectivity index (χ3n) is 4.14. The minimum atomic E-state index is -3.65. The van der Waals surface area contributed by atoms with E-state index in [1.807, 2.05) is 40.5 Å². The topological polar surface area (TPSA) is 87.6 Å². The predicted octanol–water partition coefficient (Wildman–Crippen LogP) is 3.05. The summed E-state index contributed by atoms with van der Waals surface area (Å²) in [5.41, 5.74) is 2.44. The number of fused-ring (bicyclic) bond motifs is 3. The van der Waals surface area contributed by atoms with Gasteiger partial charge in [0, 0.05) is 11.3 Å². The van der Waals surface area contributed by atoms with Gasteiger partial charge in [0.2, 0.25) is 10.0 Å². The quantitative estimate of drug-likeness (QED) is 0.831. The number of carbonyl (C=O) groups is 1. The van der Waals surface area contributed by atoms with Crippen LogP contribution in [0.25, 0.3) is 0 Å². The van der Waals surface area contributed by atoms with E-state index in [0.717, 1.165) is 23.3 Å². The minimum Gasteiger partial charge on any atom is -0.343 e. The van der Waals surface area contributed by atoms with Gasteiger partial charge in [-0.3, -0.25) is 4.79 Å². The van der Waals surface area contributed by atoms with Gasteiger partial charge in [-0.25, -0.2) is 18.1 Å². The normalized spacial score (nSPS) is 20.1. The fourth-order valence-corrected chi connectivity index (χ4v) is 4.55. The lowest BCUT2D eigenvalue weighted by atomic mass is 9.93. The maximum atomic E-state index is 12.1. The monoisotopic (exact) mass is 397 g/mol. The number of thioether (sulfide) groups is 1. The summed E-state index contributed by atoms with van der Waals surface area (Å²) in [5.74, 6) is 0.0979. The number of aliphatic imine (C=N–C) groups is 1. The number of para-hydroxylation sites is 1. The maximum absolute atomic E-state index is 12.1. The number of benzene rings is 1. The summed E-state index contributed by atoms with van der Waals surface area (Å²) < 4.78 is 24.5. The van der Waals surface area contributed by atoms with Gasteiger partial charge >= 0.3 is 0 Å². The Hall–Kier alpha value is -2.76. The number of rotatable bonds is 3. The third-order valence-corrected chi connectivity index (χ3v) is 5.83. The first-order valence-electron chi connectivity index (χ1n) is 8.13. The van der Waals surface area contributed by atoms with Crippen molar-refractivity contribution < 1.29 is 13.2 Å². The van der Waals surface area contributed by atoms with Crippen molar-refractivity contribution in [3.8, 4) is 0 Å². The highest BCUT2D eigenvalue weighted by Gasteiger charge is 2.35. The minimum absolute atomic E-state index is 0.0723. The Labute approximate surface area is 161 Å². The summed E-state index contributed by atoms with van der Waals surface area (Å²) in [6.45, 7) is 0. The molecule has 2 aliphatic heterocycles. The number of anilines is 1. The average Bonchev–Trinajstić information content (AvgIpc) is 3.11. The molecule has 0 bridgehead atoms. The van der Waals surface area contributed by atoms with E-state index in [2.05, 4.69) is 28.5 Å². The maximum Gasteiger partial charge on any atom is 0.273 e. The highest BCUT2D eigenvalue weighted by atomic mass is 32.2. The van der Waals surface area contributed by atoms with E-state index in [1.165, 1.54) is 0 Å². The predicted molar refractivity (Wildman–Crippen MR) is 107 cm³/mol. The standard InChI is InChI=1S/C19H15N3O3S2/c1-27(24,25)22-19(23)12-7-8-14-16(11-12)21-18(15-9-10-26-17(14)15)20-13-5-3-2-4-6-13/h2-6,9-11,15,17H,1H3,(H,20,21)(H,22,23). The van der Waals surface area contributed by atoms with Gasteiger partial charge in [-0.15, -0.1) is 11.8 Å². The van der Waals surface area contributed by atoms with E-state index in [1.54, 1.807) is 17.8 Å². The number of nitrogens with zero attached hydrogens (tertiary/aromatic N) is 1. The number of nitrogens with one attached hydrogen (secondary N) is 2. The van der Waals surface area contributed by atoms with Gasteiger partial charge in [0.25, 0.3) is 5.91 Å². The Balaban J connectivity index is 1.70. The number of amidine groups is 1. The van der Waals surface area contributed by atoms with Crippen molar-refractivity contribution in [2.75, 3.05) is 11.6 Å². The first kappa shape index (κ1) is 17.6. The molecule has 2 aromatic rings. The average molecular weight is 397 g/mol. The molecule has 136 valence electrons. The van der Waals surface area contributed by atoms with Crippen LogP contribution in [-0.4, -0.2) is 26.4 Å². The highest BCUT2D eigenvalue weighted by molar-refractivity contribution is 8.02. The molecule has 27 heavy (non-hydrogen) atoms. The Morgan fingerprint density at radius 2 is 2.00 bits per heavy atom. The van der Waals surface area contributed by atoms with Crippen LogP contribution in [0.4, 0.5) is 11.4 Å². The van der Waals surface area contributed by atoms with Crippen LogP contribution in [0.2, 0.25) is 0 Å². The summed E-state index contributed by atoms with van der Waals surface area (Å²) in [6.07, 6.45) is 3.02. The number of carbonyl (C=O) groups excluding carboxylic acids is 1. The molecule has 0 aromatic heterocycles. The molecule has 0 spiro atoms. The van der Waals surface area contributed by atoms with Crippen molar-refractivity contribution in [2.24, 2.45) is 10.9 Å². The lowest BCUT2D eigenvalue weighted by Gasteiger charge is -2.26. The molecule has 8 heteroatoms. The smallest absolute Gasteiger partial charge is 0.273 e. The van der Waals surface area contributed by atoms with Crippen LogP contribution in [-0.2, 0) is 10.0 Å². The van der Waals surface area contributed by atoms with E-state index in [4.69, 9.17) is 0 Å². The van der Waals surface area contributed by atoms with Crippen molar-refractivity contribution in [3.05, 3.63) is 71.1 Å². The Kier molecular flexibility index (Phi) is 4.42. The molecule has 0 saturated carbocycles. The zero-order chi connectivity index (χ0) is 19.0. The van der Waals surface area contributed by atoms with Crippen LogP contribution in [0, 0.1) is 18.1 Å². The summed E-state index contributed by atoms with van der Waals surface area (Å²) in [6, 6.07) is 17.0. The summed E-state index contributed by atoms with van der Waals surface area (Å²) >= 11 is 1.66. The molecule has 2 aromatic carbocycles. The Morgan fingerprint density at radius 1 is 1.22 bits per heavy atom. The SMILES string of the molecule is CS(=O)(=O)NC(=O)c1c#cc2c(c1)N=C(Nc1ccccc1)C1C=CSC21. The molecule has 1 amide bonds.